The van der Waals surface area contributed by atoms with Gasteiger partial charge in [0.25, 0.3) is 0 Å². The molecule has 0 bridgehead atoms. The SMILES string of the molecule is CCC(OC(=O)C(C)O)C(=O)OC. The van der Waals surface area contributed by atoms with E-state index in [4.69, 9.17) is 5.11 Å². The topological polar surface area (TPSA) is 72.8 Å². The predicted octanol–water partition coefficient (Wildman–Crippen LogP) is -0.138. The van der Waals surface area contributed by atoms with Crippen LogP contribution < -0.4 is 0 Å². The van der Waals surface area contributed by atoms with Crippen molar-refractivity contribution in [3.63, 3.8) is 0 Å². The third-order valence-corrected chi connectivity index (χ3v) is 1.43. The summed E-state index contributed by atoms with van der Waals surface area (Å²) in [5.74, 6) is -1.44. The molecule has 0 rings (SSSR count). The Bertz CT molecular complexity index is 187. The molecule has 0 radical (unpaired) electrons. The van der Waals surface area contributed by atoms with Crippen molar-refractivity contribution in [1.82, 2.24) is 0 Å². The first kappa shape index (κ1) is 11.9. The Morgan fingerprint density at radius 2 is 1.92 bits per heavy atom. The number of aliphatic hydroxyl groups is 1. The number of hydrogen-bond acceptors (Lipinski definition) is 5. The Labute approximate surface area is 76.6 Å². The number of esters is 2. The van der Waals surface area contributed by atoms with Gasteiger partial charge >= 0.3 is 11.9 Å². The van der Waals surface area contributed by atoms with Crippen molar-refractivity contribution in [2.24, 2.45) is 0 Å². The number of rotatable bonds is 4. The van der Waals surface area contributed by atoms with Crippen molar-refractivity contribution < 1.29 is 24.2 Å². The maximum Gasteiger partial charge on any atom is 0.347 e. The second-order valence-corrected chi connectivity index (χ2v) is 2.53. The summed E-state index contributed by atoms with van der Waals surface area (Å²) in [7, 11) is 1.21. The average Bonchev–Trinajstić information content (AvgIpc) is 2.12. The summed E-state index contributed by atoms with van der Waals surface area (Å²) in [6, 6.07) is 0. The van der Waals surface area contributed by atoms with E-state index in [-0.39, 0.29) is 0 Å². The zero-order valence-electron chi connectivity index (χ0n) is 7.94. The number of ether oxygens (including phenoxy) is 2. The summed E-state index contributed by atoms with van der Waals surface area (Å²) in [5, 5.41) is 8.79. The van der Waals surface area contributed by atoms with E-state index >= 15 is 0 Å². The Balaban J connectivity index is 4.13. The molecular weight excluding hydrogens is 176 g/mol. The van der Waals surface area contributed by atoms with E-state index < -0.39 is 24.1 Å². The fraction of sp³-hybridized carbons (Fsp3) is 0.750. The maximum atomic E-state index is 10.9. The first-order valence-electron chi connectivity index (χ1n) is 3.99. The second-order valence-electron chi connectivity index (χ2n) is 2.53. The van der Waals surface area contributed by atoms with Gasteiger partial charge in [0, 0.05) is 0 Å². The molecular formula is C8H14O5. The van der Waals surface area contributed by atoms with Gasteiger partial charge in [0.15, 0.2) is 6.10 Å². The summed E-state index contributed by atoms with van der Waals surface area (Å²) < 4.78 is 9.04. The van der Waals surface area contributed by atoms with Crippen LogP contribution in [0, 0.1) is 0 Å². The van der Waals surface area contributed by atoms with Gasteiger partial charge in [-0.05, 0) is 13.3 Å². The molecule has 2 unspecified atom stereocenters. The lowest BCUT2D eigenvalue weighted by atomic mass is 10.3. The number of aliphatic hydroxyl groups excluding tert-OH is 1. The molecule has 0 spiro atoms. The lowest BCUT2D eigenvalue weighted by molar-refractivity contribution is -0.171. The molecule has 0 aliphatic carbocycles. The molecule has 0 aromatic rings. The van der Waals surface area contributed by atoms with Crippen LogP contribution in [0.5, 0.6) is 0 Å². The zero-order chi connectivity index (χ0) is 10.4. The van der Waals surface area contributed by atoms with Crippen LogP contribution in [0.15, 0.2) is 0 Å². The summed E-state index contributed by atoms with van der Waals surface area (Å²) in [6.07, 6.45) is -1.82. The van der Waals surface area contributed by atoms with E-state index in [9.17, 15) is 9.59 Å². The average molecular weight is 190 g/mol. The third-order valence-electron chi connectivity index (χ3n) is 1.43. The number of methoxy groups -OCH3 is 1. The van der Waals surface area contributed by atoms with Gasteiger partial charge in [-0.25, -0.2) is 9.59 Å². The van der Waals surface area contributed by atoms with Gasteiger partial charge in [-0.2, -0.15) is 0 Å². The minimum absolute atomic E-state index is 0.325. The molecule has 1 N–H and O–H groups in total. The van der Waals surface area contributed by atoms with Crippen LogP contribution in [0.2, 0.25) is 0 Å². The first-order valence-corrected chi connectivity index (χ1v) is 3.99. The molecule has 0 aromatic heterocycles. The highest BCUT2D eigenvalue weighted by atomic mass is 16.6. The maximum absolute atomic E-state index is 10.9. The van der Waals surface area contributed by atoms with Crippen molar-refractivity contribution in [1.29, 1.82) is 0 Å². The van der Waals surface area contributed by atoms with Gasteiger partial charge in [0.05, 0.1) is 7.11 Å². The minimum Gasteiger partial charge on any atom is -0.466 e. The molecule has 0 aliphatic heterocycles. The predicted molar refractivity (Wildman–Crippen MR) is 43.9 cm³/mol. The van der Waals surface area contributed by atoms with Gasteiger partial charge in [0.2, 0.25) is 0 Å². The number of carbonyl (C=O) groups is 2. The molecule has 13 heavy (non-hydrogen) atoms. The van der Waals surface area contributed by atoms with Crippen molar-refractivity contribution in [3.8, 4) is 0 Å². The Morgan fingerprint density at radius 1 is 1.38 bits per heavy atom. The van der Waals surface area contributed by atoms with Gasteiger partial charge < -0.3 is 14.6 Å². The molecule has 0 aliphatic rings. The van der Waals surface area contributed by atoms with Gasteiger partial charge in [-0.15, -0.1) is 0 Å². The number of carbonyl (C=O) groups excluding carboxylic acids is 2. The second kappa shape index (κ2) is 5.53. The highest BCUT2D eigenvalue weighted by molar-refractivity contribution is 5.80. The summed E-state index contributed by atoms with van der Waals surface area (Å²) >= 11 is 0. The summed E-state index contributed by atoms with van der Waals surface area (Å²) in [6.45, 7) is 2.95. The van der Waals surface area contributed by atoms with E-state index in [0.717, 1.165) is 0 Å². The van der Waals surface area contributed by atoms with Crippen LogP contribution in [0.4, 0.5) is 0 Å². The number of hydrogen-bond donors (Lipinski definition) is 1. The van der Waals surface area contributed by atoms with Crippen molar-refractivity contribution in [3.05, 3.63) is 0 Å². The quantitative estimate of drug-likeness (QED) is 0.625. The Hall–Kier alpha value is -1.10. The fourth-order valence-corrected chi connectivity index (χ4v) is 0.668. The van der Waals surface area contributed by atoms with Crippen LogP contribution in [-0.2, 0) is 19.1 Å². The summed E-state index contributed by atoms with van der Waals surface area (Å²) in [4.78, 5) is 21.8. The summed E-state index contributed by atoms with van der Waals surface area (Å²) in [5.41, 5.74) is 0. The van der Waals surface area contributed by atoms with Crippen molar-refractivity contribution in [2.45, 2.75) is 32.5 Å². The smallest absolute Gasteiger partial charge is 0.347 e. The molecule has 0 saturated heterocycles. The van der Waals surface area contributed by atoms with E-state index in [1.807, 2.05) is 0 Å². The monoisotopic (exact) mass is 190 g/mol. The zero-order valence-corrected chi connectivity index (χ0v) is 7.94. The van der Waals surface area contributed by atoms with Crippen LogP contribution >= 0.6 is 0 Å². The molecule has 5 nitrogen and oxygen atoms in total. The molecule has 0 aromatic carbocycles. The molecule has 0 saturated carbocycles. The Kier molecular flexibility index (Phi) is 5.06. The Morgan fingerprint density at radius 3 is 2.23 bits per heavy atom. The van der Waals surface area contributed by atoms with Gasteiger partial charge in [-0.1, -0.05) is 6.92 Å². The van der Waals surface area contributed by atoms with E-state index in [0.29, 0.717) is 6.42 Å². The van der Waals surface area contributed by atoms with Crippen LogP contribution in [0.3, 0.4) is 0 Å². The van der Waals surface area contributed by atoms with Crippen molar-refractivity contribution >= 4 is 11.9 Å². The van der Waals surface area contributed by atoms with E-state index in [1.165, 1.54) is 14.0 Å². The lowest BCUT2D eigenvalue weighted by Gasteiger charge is -2.14. The first-order chi connectivity index (χ1) is 6.02. The third kappa shape index (κ3) is 3.89. The van der Waals surface area contributed by atoms with Crippen molar-refractivity contribution in [2.75, 3.05) is 7.11 Å². The van der Waals surface area contributed by atoms with Gasteiger partial charge in [-0.3, -0.25) is 0 Å². The highest BCUT2D eigenvalue weighted by Gasteiger charge is 2.23. The van der Waals surface area contributed by atoms with Crippen LogP contribution in [0.25, 0.3) is 0 Å². The van der Waals surface area contributed by atoms with Crippen LogP contribution in [0.1, 0.15) is 20.3 Å². The van der Waals surface area contributed by atoms with Crippen LogP contribution in [-0.4, -0.2) is 36.4 Å². The molecule has 2 atom stereocenters. The van der Waals surface area contributed by atoms with Gasteiger partial charge in [0.1, 0.15) is 6.10 Å². The lowest BCUT2D eigenvalue weighted by Crippen LogP contribution is -2.31. The molecule has 0 fully saturated rings. The molecule has 5 heteroatoms. The molecule has 76 valence electrons. The normalized spacial score (nSPS) is 14.5. The van der Waals surface area contributed by atoms with E-state index in [2.05, 4.69) is 9.47 Å². The highest BCUT2D eigenvalue weighted by Crippen LogP contribution is 2.02. The fourth-order valence-electron chi connectivity index (χ4n) is 0.668. The standard InChI is InChI=1S/C8H14O5/c1-4-6(8(11)12-3)13-7(10)5(2)9/h5-6,9H,4H2,1-3H3. The largest absolute Gasteiger partial charge is 0.466 e. The van der Waals surface area contributed by atoms with E-state index in [1.54, 1.807) is 6.92 Å². The minimum atomic E-state index is -1.22. The molecule has 0 amide bonds. The molecule has 0 heterocycles.